The molecule has 1 saturated heterocycles. The minimum Gasteiger partial charge on any atom is -0.296 e. The molecule has 0 radical (unpaired) electrons. The fraction of sp³-hybridized carbons (Fsp3) is 0.385. The van der Waals surface area contributed by atoms with Gasteiger partial charge in [0.25, 0.3) is 0 Å². The monoisotopic (exact) mass is 329 g/mol. The first-order valence-corrected chi connectivity index (χ1v) is 6.98. The Morgan fingerprint density at radius 2 is 2.17 bits per heavy atom. The third-order valence-electron chi connectivity index (χ3n) is 3.29. The summed E-state index contributed by atoms with van der Waals surface area (Å²) in [6, 6.07) is 5.46. The maximum absolute atomic E-state index is 11.8. The molecule has 2 rings (SSSR count). The Bertz CT molecular complexity index is 504. The summed E-state index contributed by atoms with van der Waals surface area (Å²) in [5.74, 6) is -0.639. The van der Waals surface area contributed by atoms with E-state index in [1.807, 2.05) is 13.0 Å². The number of hydrogen-bond acceptors (Lipinski definition) is 2. The maximum Gasteiger partial charge on any atom is 0.230 e. The Labute approximate surface area is 119 Å². The molecule has 1 aromatic carbocycles. The van der Waals surface area contributed by atoms with Gasteiger partial charge in [-0.1, -0.05) is 40.5 Å². The Morgan fingerprint density at radius 1 is 1.44 bits per heavy atom. The van der Waals surface area contributed by atoms with Gasteiger partial charge < -0.3 is 0 Å². The van der Waals surface area contributed by atoms with Crippen molar-refractivity contribution in [1.82, 2.24) is 5.32 Å². The molecule has 1 fully saturated rings. The normalized spacial score (nSPS) is 23.9. The number of nitrogens with one attached hydrogen (secondary N) is 1. The summed E-state index contributed by atoms with van der Waals surface area (Å²) in [5.41, 5.74) is 0.967. The minimum absolute atomic E-state index is 0.0807. The fourth-order valence-corrected chi connectivity index (χ4v) is 3.38. The zero-order chi connectivity index (χ0) is 13.3. The van der Waals surface area contributed by atoms with Crippen LogP contribution in [0.2, 0.25) is 5.02 Å². The van der Waals surface area contributed by atoms with E-state index in [2.05, 4.69) is 21.2 Å². The third kappa shape index (κ3) is 2.59. The van der Waals surface area contributed by atoms with Crippen molar-refractivity contribution in [3.8, 4) is 0 Å². The number of carbonyl (C=O) groups is 2. The molecule has 0 saturated carbocycles. The van der Waals surface area contributed by atoms with Crippen LogP contribution in [0, 0.1) is 5.92 Å². The van der Waals surface area contributed by atoms with Crippen LogP contribution in [0.1, 0.15) is 31.2 Å². The fourth-order valence-electron chi connectivity index (χ4n) is 2.40. The van der Waals surface area contributed by atoms with E-state index in [0.29, 0.717) is 17.9 Å². The summed E-state index contributed by atoms with van der Waals surface area (Å²) < 4.78 is 0.848. The van der Waals surface area contributed by atoms with Gasteiger partial charge in [-0.2, -0.15) is 0 Å². The number of piperidine rings is 1. The molecule has 1 aliphatic rings. The maximum atomic E-state index is 11.8. The molecule has 1 aromatic rings. The van der Waals surface area contributed by atoms with E-state index in [0.717, 1.165) is 10.0 Å². The van der Waals surface area contributed by atoms with E-state index in [1.165, 1.54) is 0 Å². The first-order chi connectivity index (χ1) is 8.52. The second kappa shape index (κ2) is 5.41. The lowest BCUT2D eigenvalue weighted by Gasteiger charge is -2.30. The van der Waals surface area contributed by atoms with Gasteiger partial charge in [0.05, 0.1) is 0 Å². The van der Waals surface area contributed by atoms with E-state index in [-0.39, 0.29) is 23.7 Å². The summed E-state index contributed by atoms with van der Waals surface area (Å²) in [5, 5.41) is 3.02. The molecule has 1 aliphatic heterocycles. The Hall–Kier alpha value is -0.870. The van der Waals surface area contributed by atoms with Gasteiger partial charge in [0.2, 0.25) is 11.8 Å². The van der Waals surface area contributed by atoms with Crippen molar-refractivity contribution in [2.75, 3.05) is 0 Å². The van der Waals surface area contributed by atoms with Crippen LogP contribution in [0.4, 0.5) is 0 Å². The second-order valence-electron chi connectivity index (χ2n) is 4.40. The number of amides is 2. The lowest BCUT2D eigenvalue weighted by Crippen LogP contribution is -2.44. The lowest BCUT2D eigenvalue weighted by atomic mass is 9.79. The van der Waals surface area contributed by atoms with Crippen LogP contribution in [-0.4, -0.2) is 11.8 Å². The highest BCUT2D eigenvalue weighted by Crippen LogP contribution is 2.38. The van der Waals surface area contributed by atoms with Crippen molar-refractivity contribution < 1.29 is 9.59 Å². The minimum atomic E-state index is -0.212. The molecule has 18 heavy (non-hydrogen) atoms. The average molecular weight is 331 g/mol. The van der Waals surface area contributed by atoms with Crippen molar-refractivity contribution in [1.29, 1.82) is 0 Å². The number of halogens is 2. The summed E-state index contributed by atoms with van der Waals surface area (Å²) in [4.78, 5) is 23.3. The van der Waals surface area contributed by atoms with Gasteiger partial charge in [-0.15, -0.1) is 0 Å². The predicted octanol–water partition coefficient (Wildman–Crippen LogP) is 3.26. The van der Waals surface area contributed by atoms with Crippen LogP contribution in [0.15, 0.2) is 22.7 Å². The molecule has 5 heteroatoms. The van der Waals surface area contributed by atoms with Gasteiger partial charge in [-0.25, -0.2) is 0 Å². The van der Waals surface area contributed by atoms with Crippen LogP contribution < -0.4 is 5.32 Å². The highest BCUT2D eigenvalue weighted by atomic mass is 79.9. The predicted molar refractivity (Wildman–Crippen MR) is 73.4 cm³/mol. The molecule has 0 aromatic heterocycles. The molecular formula is C13H13BrClNO2. The molecule has 2 atom stereocenters. The third-order valence-corrected chi connectivity index (χ3v) is 4.21. The molecular weight excluding hydrogens is 318 g/mol. The lowest BCUT2D eigenvalue weighted by molar-refractivity contribution is -0.137. The summed E-state index contributed by atoms with van der Waals surface area (Å²) in [7, 11) is 0. The molecule has 3 nitrogen and oxygen atoms in total. The van der Waals surface area contributed by atoms with Crippen molar-refractivity contribution >= 4 is 39.3 Å². The first-order valence-electron chi connectivity index (χ1n) is 5.81. The van der Waals surface area contributed by atoms with Crippen LogP contribution in [0.5, 0.6) is 0 Å². The Balaban J connectivity index is 2.39. The van der Waals surface area contributed by atoms with Crippen molar-refractivity contribution in [2.45, 2.75) is 25.7 Å². The van der Waals surface area contributed by atoms with Crippen LogP contribution in [0.25, 0.3) is 0 Å². The molecule has 1 N–H and O–H groups in total. The zero-order valence-electron chi connectivity index (χ0n) is 9.87. The molecule has 96 valence electrons. The van der Waals surface area contributed by atoms with Gasteiger partial charge in [0.15, 0.2) is 0 Å². The number of imide groups is 1. The van der Waals surface area contributed by atoms with Gasteiger partial charge in [-0.05, 0) is 24.1 Å². The Kier molecular flexibility index (Phi) is 4.07. The standard InChI is InChI=1S/C13H13BrClNO2/c1-2-8-10(6-12(17)16-13(8)18)9-4-3-7(15)5-11(9)14/h3-5,8,10H,2,6H2,1H3,(H,16,17,18). The van der Waals surface area contributed by atoms with Gasteiger partial charge in [0.1, 0.15) is 0 Å². The Morgan fingerprint density at radius 3 is 2.78 bits per heavy atom. The summed E-state index contributed by atoms with van der Waals surface area (Å²) in [6.45, 7) is 1.96. The van der Waals surface area contributed by atoms with Crippen LogP contribution in [-0.2, 0) is 9.59 Å². The number of carbonyl (C=O) groups excluding carboxylic acids is 2. The topological polar surface area (TPSA) is 46.2 Å². The molecule has 0 spiro atoms. The van der Waals surface area contributed by atoms with E-state index in [1.54, 1.807) is 12.1 Å². The molecule has 2 unspecified atom stereocenters. The highest BCUT2D eigenvalue weighted by Gasteiger charge is 2.36. The second-order valence-corrected chi connectivity index (χ2v) is 5.69. The van der Waals surface area contributed by atoms with Gasteiger partial charge in [-0.3, -0.25) is 14.9 Å². The smallest absolute Gasteiger partial charge is 0.230 e. The molecule has 2 amide bonds. The van der Waals surface area contributed by atoms with E-state index in [9.17, 15) is 9.59 Å². The SMILES string of the molecule is CCC1C(=O)NC(=O)CC1c1ccc(Cl)cc1Br. The quantitative estimate of drug-likeness (QED) is 0.846. The van der Waals surface area contributed by atoms with Crippen molar-refractivity contribution in [2.24, 2.45) is 5.92 Å². The van der Waals surface area contributed by atoms with E-state index in [4.69, 9.17) is 11.6 Å². The average Bonchev–Trinajstić information content (AvgIpc) is 2.28. The molecule has 0 aliphatic carbocycles. The largest absolute Gasteiger partial charge is 0.296 e. The van der Waals surface area contributed by atoms with Crippen LogP contribution in [0.3, 0.4) is 0 Å². The van der Waals surface area contributed by atoms with Gasteiger partial charge in [0, 0.05) is 27.8 Å². The zero-order valence-corrected chi connectivity index (χ0v) is 12.2. The van der Waals surface area contributed by atoms with Gasteiger partial charge >= 0.3 is 0 Å². The van der Waals surface area contributed by atoms with Crippen molar-refractivity contribution in [3.63, 3.8) is 0 Å². The first kappa shape index (κ1) is 13.6. The molecule has 0 bridgehead atoms. The number of rotatable bonds is 2. The summed E-state index contributed by atoms with van der Waals surface area (Å²) in [6.07, 6.45) is 1.04. The summed E-state index contributed by atoms with van der Waals surface area (Å²) >= 11 is 9.36. The highest BCUT2D eigenvalue weighted by molar-refractivity contribution is 9.10. The van der Waals surface area contributed by atoms with E-state index >= 15 is 0 Å². The molecule has 1 heterocycles. The van der Waals surface area contributed by atoms with Crippen molar-refractivity contribution in [3.05, 3.63) is 33.3 Å². The number of benzene rings is 1. The van der Waals surface area contributed by atoms with Crippen LogP contribution >= 0.6 is 27.5 Å². The number of hydrogen-bond donors (Lipinski definition) is 1. The van der Waals surface area contributed by atoms with E-state index < -0.39 is 0 Å².